The molecular weight excluding hydrogens is 336 g/mol. The van der Waals surface area contributed by atoms with Crippen molar-refractivity contribution < 1.29 is 4.42 Å². The van der Waals surface area contributed by atoms with Crippen molar-refractivity contribution in [3.63, 3.8) is 0 Å². The van der Waals surface area contributed by atoms with Crippen LogP contribution in [0.1, 0.15) is 16.8 Å². The van der Waals surface area contributed by atoms with Gasteiger partial charge in [0.25, 0.3) is 0 Å². The Hall–Kier alpha value is -3.08. The Labute approximate surface area is 160 Å². The first-order chi connectivity index (χ1) is 13.2. The Morgan fingerprint density at radius 1 is 1.11 bits per heavy atom. The molecule has 0 radical (unpaired) electrons. The number of hydrogen-bond acceptors (Lipinski definition) is 3. The summed E-state index contributed by atoms with van der Waals surface area (Å²) in [6.45, 7) is 3.62. The van der Waals surface area contributed by atoms with Gasteiger partial charge in [-0.2, -0.15) is 0 Å². The lowest BCUT2D eigenvalue weighted by atomic mass is 10.1. The van der Waals surface area contributed by atoms with Gasteiger partial charge in [-0.05, 0) is 24.6 Å². The summed E-state index contributed by atoms with van der Waals surface area (Å²) in [7, 11) is 3.84. The first kappa shape index (κ1) is 18.7. The van der Waals surface area contributed by atoms with Gasteiger partial charge in [0, 0.05) is 39.2 Å². The normalized spacial score (nSPS) is 11.4. The lowest BCUT2D eigenvalue weighted by Crippen LogP contribution is -2.39. The molecular formula is C22H26N4O. The molecule has 3 rings (SSSR count). The maximum Gasteiger partial charge on any atom is 0.226 e. The number of hydrogen-bond donors (Lipinski definition) is 1. The smallest absolute Gasteiger partial charge is 0.226 e. The largest absolute Gasteiger partial charge is 0.444 e. The summed E-state index contributed by atoms with van der Waals surface area (Å²) in [5, 5.41) is 3.39. The van der Waals surface area contributed by atoms with Gasteiger partial charge in [0.15, 0.2) is 5.96 Å². The minimum atomic E-state index is 0.663. The van der Waals surface area contributed by atoms with E-state index in [4.69, 9.17) is 4.42 Å². The summed E-state index contributed by atoms with van der Waals surface area (Å²) < 4.78 is 5.62. The molecule has 0 atom stereocenters. The molecule has 0 aliphatic heterocycles. The summed E-state index contributed by atoms with van der Waals surface area (Å²) in [5.41, 5.74) is 4.40. The van der Waals surface area contributed by atoms with Crippen LogP contribution in [-0.2, 0) is 13.0 Å². The molecule has 0 spiro atoms. The second kappa shape index (κ2) is 9.03. The maximum atomic E-state index is 5.62. The van der Waals surface area contributed by atoms with Crippen molar-refractivity contribution in [2.75, 3.05) is 20.6 Å². The van der Waals surface area contributed by atoms with E-state index in [1.807, 2.05) is 25.2 Å². The first-order valence-electron chi connectivity index (χ1n) is 9.13. The lowest BCUT2D eigenvalue weighted by Gasteiger charge is -2.22. The van der Waals surface area contributed by atoms with Crippen LogP contribution in [-0.4, -0.2) is 36.5 Å². The minimum Gasteiger partial charge on any atom is -0.444 e. The third-order valence-corrected chi connectivity index (χ3v) is 4.35. The predicted molar refractivity (Wildman–Crippen MR) is 110 cm³/mol. The Morgan fingerprint density at radius 3 is 2.56 bits per heavy atom. The molecule has 0 aliphatic carbocycles. The number of aryl methyl sites for hydroxylation is 1. The van der Waals surface area contributed by atoms with Crippen molar-refractivity contribution in [2.45, 2.75) is 19.9 Å². The molecule has 1 aromatic heterocycles. The van der Waals surface area contributed by atoms with Crippen LogP contribution in [0.5, 0.6) is 0 Å². The summed E-state index contributed by atoms with van der Waals surface area (Å²) in [6.07, 6.45) is 2.50. The van der Waals surface area contributed by atoms with Crippen LogP contribution in [0.3, 0.4) is 0 Å². The fourth-order valence-corrected chi connectivity index (χ4v) is 2.87. The van der Waals surface area contributed by atoms with Crippen molar-refractivity contribution in [1.29, 1.82) is 0 Å². The zero-order valence-corrected chi connectivity index (χ0v) is 16.1. The molecule has 0 saturated carbocycles. The van der Waals surface area contributed by atoms with Crippen LogP contribution >= 0.6 is 0 Å². The molecule has 5 heteroatoms. The van der Waals surface area contributed by atoms with Gasteiger partial charge in [0.1, 0.15) is 6.26 Å². The average Bonchev–Trinajstić information content (AvgIpc) is 3.15. The van der Waals surface area contributed by atoms with E-state index >= 15 is 0 Å². The van der Waals surface area contributed by atoms with Gasteiger partial charge < -0.3 is 14.6 Å². The van der Waals surface area contributed by atoms with Gasteiger partial charge >= 0.3 is 0 Å². The second-order valence-electron chi connectivity index (χ2n) is 6.58. The van der Waals surface area contributed by atoms with E-state index in [0.717, 1.165) is 36.7 Å². The van der Waals surface area contributed by atoms with Crippen molar-refractivity contribution in [3.05, 3.63) is 77.7 Å². The van der Waals surface area contributed by atoms with Gasteiger partial charge in [-0.25, -0.2) is 4.98 Å². The Morgan fingerprint density at radius 2 is 1.85 bits per heavy atom. The number of rotatable bonds is 6. The van der Waals surface area contributed by atoms with Crippen molar-refractivity contribution in [3.8, 4) is 11.5 Å². The number of benzene rings is 2. The third kappa shape index (κ3) is 5.20. The molecule has 1 heterocycles. The summed E-state index contributed by atoms with van der Waals surface area (Å²) in [5.74, 6) is 1.52. The highest BCUT2D eigenvalue weighted by Gasteiger charge is 2.09. The standard InChI is InChI=1S/C22H26N4O/c1-17-9-11-19(12-10-17)21-25-20(16-27-21)13-14-24-22(23-2)26(3)15-18-7-5-4-6-8-18/h4-12,16H,13-15H2,1-3H3,(H,23,24). The van der Waals surface area contributed by atoms with Gasteiger partial charge in [0.05, 0.1) is 5.69 Å². The molecule has 5 nitrogen and oxygen atoms in total. The fourth-order valence-electron chi connectivity index (χ4n) is 2.87. The van der Waals surface area contributed by atoms with Gasteiger partial charge in [-0.3, -0.25) is 4.99 Å². The minimum absolute atomic E-state index is 0.663. The van der Waals surface area contributed by atoms with Crippen LogP contribution in [0.25, 0.3) is 11.5 Å². The summed E-state index contributed by atoms with van der Waals surface area (Å²) in [4.78, 5) is 11.1. The highest BCUT2D eigenvalue weighted by Crippen LogP contribution is 2.19. The Bertz CT molecular complexity index is 869. The average molecular weight is 362 g/mol. The van der Waals surface area contributed by atoms with Gasteiger partial charge in [-0.15, -0.1) is 0 Å². The molecule has 0 unspecified atom stereocenters. The first-order valence-corrected chi connectivity index (χ1v) is 9.13. The topological polar surface area (TPSA) is 53.7 Å². The highest BCUT2D eigenvalue weighted by atomic mass is 16.3. The second-order valence-corrected chi connectivity index (χ2v) is 6.58. The van der Waals surface area contributed by atoms with Crippen molar-refractivity contribution in [1.82, 2.24) is 15.2 Å². The summed E-state index contributed by atoms with van der Waals surface area (Å²) >= 11 is 0. The van der Waals surface area contributed by atoms with E-state index in [-0.39, 0.29) is 0 Å². The zero-order chi connectivity index (χ0) is 19.1. The SMILES string of the molecule is CN=C(NCCc1coc(-c2ccc(C)cc2)n1)N(C)Cc1ccccc1. The molecule has 2 aromatic carbocycles. The van der Waals surface area contributed by atoms with Crippen LogP contribution in [0, 0.1) is 6.92 Å². The molecule has 140 valence electrons. The predicted octanol–water partition coefficient (Wildman–Crippen LogP) is 3.90. The van der Waals surface area contributed by atoms with Crippen LogP contribution in [0.15, 0.2) is 70.3 Å². The van der Waals surface area contributed by atoms with Gasteiger partial charge in [-0.1, -0.05) is 48.0 Å². The fraction of sp³-hybridized carbons (Fsp3) is 0.273. The molecule has 27 heavy (non-hydrogen) atoms. The molecule has 0 amide bonds. The summed E-state index contributed by atoms with van der Waals surface area (Å²) in [6, 6.07) is 18.6. The Kier molecular flexibility index (Phi) is 6.26. The number of oxazole rings is 1. The molecule has 0 aliphatic rings. The maximum absolute atomic E-state index is 5.62. The van der Waals surface area contributed by atoms with E-state index in [2.05, 4.69) is 63.5 Å². The van der Waals surface area contributed by atoms with Gasteiger partial charge in [0.2, 0.25) is 5.89 Å². The molecule has 3 aromatic rings. The van der Waals surface area contributed by atoms with E-state index < -0.39 is 0 Å². The number of nitrogens with zero attached hydrogens (tertiary/aromatic N) is 3. The zero-order valence-electron chi connectivity index (χ0n) is 16.1. The molecule has 0 fully saturated rings. The monoisotopic (exact) mass is 362 g/mol. The number of guanidine groups is 1. The van der Waals surface area contributed by atoms with Crippen molar-refractivity contribution >= 4 is 5.96 Å². The lowest BCUT2D eigenvalue weighted by molar-refractivity contribution is 0.477. The third-order valence-electron chi connectivity index (χ3n) is 4.35. The van der Waals surface area contributed by atoms with E-state index in [0.29, 0.717) is 5.89 Å². The van der Waals surface area contributed by atoms with Crippen LogP contribution < -0.4 is 5.32 Å². The highest BCUT2D eigenvalue weighted by molar-refractivity contribution is 5.79. The molecule has 1 N–H and O–H groups in total. The van der Waals surface area contributed by atoms with Crippen LogP contribution in [0.4, 0.5) is 0 Å². The Balaban J connectivity index is 1.52. The van der Waals surface area contributed by atoms with E-state index in [1.54, 1.807) is 13.3 Å². The number of nitrogens with one attached hydrogen (secondary N) is 1. The van der Waals surface area contributed by atoms with Crippen molar-refractivity contribution in [2.24, 2.45) is 4.99 Å². The van der Waals surface area contributed by atoms with E-state index in [1.165, 1.54) is 11.1 Å². The number of aromatic nitrogens is 1. The van der Waals surface area contributed by atoms with E-state index in [9.17, 15) is 0 Å². The quantitative estimate of drug-likeness (QED) is 0.534. The van der Waals surface area contributed by atoms with Crippen LogP contribution in [0.2, 0.25) is 0 Å². The molecule has 0 saturated heterocycles. The molecule has 0 bridgehead atoms. The number of aliphatic imine (C=N–C) groups is 1.